The molecule has 1 N–H and O–H groups in total. The number of phenolic OH excluding ortho intramolecular Hbond substituents is 1. The summed E-state index contributed by atoms with van der Waals surface area (Å²) in [5, 5.41) is 13.1. The van der Waals surface area contributed by atoms with Crippen LogP contribution in [0.5, 0.6) is 5.75 Å². The number of fused-ring (bicyclic) bond motifs is 1. The molecule has 140 valence electrons. The molecule has 0 spiro atoms. The zero-order chi connectivity index (χ0) is 19.0. The maximum Gasteiger partial charge on any atom is 0.147 e. The quantitative estimate of drug-likeness (QED) is 0.696. The SMILES string of the molecule is CN1CCN([C@H](c2ccc(Cl)cc2)c2cc(Cl)c3cccnc3c2O)CC1. The van der Waals surface area contributed by atoms with E-state index in [0.717, 1.165) is 42.7 Å². The maximum atomic E-state index is 11.1. The number of hydrogen-bond donors (Lipinski definition) is 1. The Balaban J connectivity index is 1.87. The number of likely N-dealkylation sites (N-methyl/N-ethyl adjacent to an activating group) is 1. The standard InChI is InChI=1S/C21H21Cl2N3O/c1-25-9-11-26(12-10-25)20(14-4-6-15(22)7-5-14)17-13-18(23)16-3-2-8-24-19(16)21(17)27/h2-8,13,20,27H,9-12H2,1H3/t20-/m1/s1. The van der Waals surface area contributed by atoms with E-state index in [4.69, 9.17) is 23.2 Å². The van der Waals surface area contributed by atoms with Crippen LogP contribution in [0, 0.1) is 0 Å². The molecule has 1 aliphatic rings. The Kier molecular flexibility index (Phi) is 5.24. The van der Waals surface area contributed by atoms with E-state index in [1.54, 1.807) is 6.20 Å². The molecular weight excluding hydrogens is 381 g/mol. The lowest BCUT2D eigenvalue weighted by Gasteiger charge is -2.38. The van der Waals surface area contributed by atoms with Crippen LogP contribution in [0.4, 0.5) is 0 Å². The van der Waals surface area contributed by atoms with Crippen LogP contribution in [-0.4, -0.2) is 53.1 Å². The number of phenols is 1. The smallest absolute Gasteiger partial charge is 0.147 e. The summed E-state index contributed by atoms with van der Waals surface area (Å²) in [6, 6.07) is 13.3. The molecule has 0 saturated carbocycles. The van der Waals surface area contributed by atoms with Crippen LogP contribution in [0.2, 0.25) is 10.0 Å². The van der Waals surface area contributed by atoms with Gasteiger partial charge in [-0.05, 0) is 42.9 Å². The van der Waals surface area contributed by atoms with Gasteiger partial charge in [-0.2, -0.15) is 0 Å². The lowest BCUT2D eigenvalue weighted by atomic mass is 9.94. The fourth-order valence-electron chi connectivity index (χ4n) is 3.73. The van der Waals surface area contributed by atoms with Crippen molar-refractivity contribution in [2.24, 2.45) is 0 Å². The van der Waals surface area contributed by atoms with Crippen molar-refractivity contribution < 1.29 is 5.11 Å². The number of rotatable bonds is 3. The number of piperazine rings is 1. The van der Waals surface area contributed by atoms with Gasteiger partial charge in [0.05, 0.1) is 11.1 Å². The Labute approximate surface area is 168 Å². The van der Waals surface area contributed by atoms with Crippen LogP contribution in [0.3, 0.4) is 0 Å². The molecular formula is C21H21Cl2N3O. The Bertz CT molecular complexity index is 954. The van der Waals surface area contributed by atoms with E-state index >= 15 is 0 Å². The van der Waals surface area contributed by atoms with Crippen molar-refractivity contribution in [1.82, 2.24) is 14.8 Å². The third kappa shape index (κ3) is 3.63. The highest BCUT2D eigenvalue weighted by Gasteiger charge is 2.29. The van der Waals surface area contributed by atoms with E-state index < -0.39 is 0 Å². The topological polar surface area (TPSA) is 39.6 Å². The Morgan fingerprint density at radius 2 is 1.74 bits per heavy atom. The summed E-state index contributed by atoms with van der Waals surface area (Å²) in [7, 11) is 2.13. The molecule has 0 amide bonds. The molecule has 2 aromatic carbocycles. The molecule has 0 unspecified atom stereocenters. The molecule has 0 bridgehead atoms. The van der Waals surface area contributed by atoms with Crippen molar-refractivity contribution in [3.63, 3.8) is 0 Å². The molecule has 27 heavy (non-hydrogen) atoms. The number of aromatic nitrogens is 1. The molecule has 4 nitrogen and oxygen atoms in total. The molecule has 3 aromatic rings. The average molecular weight is 402 g/mol. The van der Waals surface area contributed by atoms with Gasteiger partial charge < -0.3 is 10.0 Å². The van der Waals surface area contributed by atoms with Crippen molar-refractivity contribution in [3.8, 4) is 5.75 Å². The summed E-state index contributed by atoms with van der Waals surface area (Å²) >= 11 is 12.7. The minimum Gasteiger partial charge on any atom is -0.505 e. The molecule has 1 fully saturated rings. The fraction of sp³-hybridized carbons (Fsp3) is 0.286. The van der Waals surface area contributed by atoms with Crippen molar-refractivity contribution in [3.05, 3.63) is 69.8 Å². The zero-order valence-corrected chi connectivity index (χ0v) is 16.6. The Hall–Kier alpha value is -1.85. The highest BCUT2D eigenvalue weighted by atomic mass is 35.5. The van der Waals surface area contributed by atoms with Gasteiger partial charge >= 0.3 is 0 Å². The molecule has 6 heteroatoms. The monoisotopic (exact) mass is 401 g/mol. The van der Waals surface area contributed by atoms with E-state index in [1.165, 1.54) is 0 Å². The van der Waals surface area contributed by atoms with Gasteiger partial charge in [0, 0.05) is 48.3 Å². The largest absolute Gasteiger partial charge is 0.505 e. The number of benzene rings is 2. The molecule has 1 aliphatic heterocycles. The molecule has 1 saturated heterocycles. The summed E-state index contributed by atoms with van der Waals surface area (Å²) in [6.07, 6.45) is 1.68. The van der Waals surface area contributed by atoms with Gasteiger partial charge in [0.2, 0.25) is 0 Å². The second kappa shape index (κ2) is 7.64. The second-order valence-electron chi connectivity index (χ2n) is 6.99. The van der Waals surface area contributed by atoms with Crippen LogP contribution in [0.15, 0.2) is 48.7 Å². The first kappa shape index (κ1) is 18.5. The van der Waals surface area contributed by atoms with Crippen LogP contribution in [0.1, 0.15) is 17.2 Å². The maximum absolute atomic E-state index is 11.1. The van der Waals surface area contributed by atoms with Crippen LogP contribution >= 0.6 is 23.2 Å². The van der Waals surface area contributed by atoms with Crippen LogP contribution in [0.25, 0.3) is 10.9 Å². The minimum atomic E-state index is -0.111. The predicted octanol–water partition coefficient (Wildman–Crippen LogP) is 4.58. The first-order valence-electron chi connectivity index (χ1n) is 8.99. The number of nitrogens with zero attached hydrogens (tertiary/aromatic N) is 3. The van der Waals surface area contributed by atoms with Gasteiger partial charge in [0.1, 0.15) is 11.3 Å². The highest BCUT2D eigenvalue weighted by molar-refractivity contribution is 6.35. The van der Waals surface area contributed by atoms with Crippen molar-refractivity contribution in [2.45, 2.75) is 6.04 Å². The minimum absolute atomic E-state index is 0.111. The second-order valence-corrected chi connectivity index (χ2v) is 7.83. The van der Waals surface area contributed by atoms with Crippen LogP contribution < -0.4 is 0 Å². The van der Waals surface area contributed by atoms with E-state index in [-0.39, 0.29) is 11.8 Å². The molecule has 2 heterocycles. The summed E-state index contributed by atoms with van der Waals surface area (Å²) in [6.45, 7) is 3.76. The lowest BCUT2D eigenvalue weighted by Crippen LogP contribution is -2.46. The number of halogens is 2. The van der Waals surface area contributed by atoms with Gasteiger partial charge in [-0.1, -0.05) is 35.3 Å². The van der Waals surface area contributed by atoms with Crippen molar-refractivity contribution in [1.29, 1.82) is 0 Å². The van der Waals surface area contributed by atoms with Gasteiger partial charge in [0.25, 0.3) is 0 Å². The Morgan fingerprint density at radius 3 is 2.44 bits per heavy atom. The zero-order valence-electron chi connectivity index (χ0n) is 15.1. The van der Waals surface area contributed by atoms with Gasteiger partial charge in [-0.25, -0.2) is 0 Å². The number of aromatic hydroxyl groups is 1. The van der Waals surface area contributed by atoms with Crippen molar-refractivity contribution >= 4 is 34.1 Å². The Morgan fingerprint density at radius 1 is 1.04 bits per heavy atom. The van der Waals surface area contributed by atoms with E-state index in [0.29, 0.717) is 15.6 Å². The van der Waals surface area contributed by atoms with Gasteiger partial charge in [-0.3, -0.25) is 9.88 Å². The molecule has 1 aromatic heterocycles. The summed E-state index contributed by atoms with van der Waals surface area (Å²) < 4.78 is 0. The first-order valence-corrected chi connectivity index (χ1v) is 9.74. The first-order chi connectivity index (χ1) is 13.0. The van der Waals surface area contributed by atoms with Crippen LogP contribution in [-0.2, 0) is 0 Å². The highest BCUT2D eigenvalue weighted by Crippen LogP contribution is 2.41. The van der Waals surface area contributed by atoms with Gasteiger partial charge in [-0.15, -0.1) is 0 Å². The van der Waals surface area contributed by atoms with Gasteiger partial charge in [0.15, 0.2) is 0 Å². The van der Waals surface area contributed by atoms with E-state index in [9.17, 15) is 5.11 Å². The number of hydrogen-bond acceptors (Lipinski definition) is 4. The third-order valence-electron chi connectivity index (χ3n) is 5.23. The fourth-order valence-corrected chi connectivity index (χ4v) is 4.12. The summed E-state index contributed by atoms with van der Waals surface area (Å²) in [5.74, 6) is 0.189. The summed E-state index contributed by atoms with van der Waals surface area (Å²) in [4.78, 5) is 9.06. The normalized spacial score (nSPS) is 17.3. The molecule has 0 radical (unpaired) electrons. The number of pyridine rings is 1. The molecule has 1 atom stereocenters. The average Bonchev–Trinajstić information content (AvgIpc) is 2.69. The molecule has 4 rings (SSSR count). The summed E-state index contributed by atoms with van der Waals surface area (Å²) in [5.41, 5.74) is 2.39. The van der Waals surface area contributed by atoms with E-state index in [2.05, 4.69) is 21.8 Å². The van der Waals surface area contributed by atoms with Crippen molar-refractivity contribution in [2.75, 3.05) is 33.2 Å². The molecule has 0 aliphatic carbocycles. The predicted molar refractivity (Wildman–Crippen MR) is 111 cm³/mol. The van der Waals surface area contributed by atoms with E-state index in [1.807, 2.05) is 42.5 Å². The third-order valence-corrected chi connectivity index (χ3v) is 5.79. The lowest BCUT2D eigenvalue weighted by molar-refractivity contribution is 0.126.